The van der Waals surface area contributed by atoms with Gasteiger partial charge < -0.3 is 15.4 Å². The molecule has 4 heteroatoms. The van der Waals surface area contributed by atoms with E-state index in [0.717, 1.165) is 13.1 Å². The average molecular weight is 174 g/mol. The van der Waals surface area contributed by atoms with Crippen LogP contribution in [0.1, 0.15) is 20.8 Å². The van der Waals surface area contributed by atoms with Gasteiger partial charge in [0.25, 0.3) is 0 Å². The minimum atomic E-state index is -0.345. The summed E-state index contributed by atoms with van der Waals surface area (Å²) in [5.41, 5.74) is 0. The molecule has 0 bridgehead atoms. The Hall–Kier alpha value is -0.770. The Morgan fingerprint density at radius 3 is 2.58 bits per heavy atom. The van der Waals surface area contributed by atoms with E-state index in [-0.39, 0.29) is 12.2 Å². The fourth-order valence-corrected chi connectivity index (χ4v) is 0.685. The lowest BCUT2D eigenvalue weighted by atomic mass is 10.5. The van der Waals surface area contributed by atoms with Crippen molar-refractivity contribution in [3.63, 3.8) is 0 Å². The lowest BCUT2D eigenvalue weighted by Gasteiger charge is -2.09. The maximum atomic E-state index is 10.9. The van der Waals surface area contributed by atoms with Gasteiger partial charge in [0.1, 0.15) is 0 Å². The van der Waals surface area contributed by atoms with Gasteiger partial charge in [0.15, 0.2) is 0 Å². The summed E-state index contributed by atoms with van der Waals surface area (Å²) in [6, 6.07) is 0. The largest absolute Gasteiger partial charge is 0.447 e. The Kier molecular flexibility index (Phi) is 6.47. The van der Waals surface area contributed by atoms with Crippen LogP contribution in [0.4, 0.5) is 4.79 Å². The molecule has 0 atom stereocenters. The maximum Gasteiger partial charge on any atom is 0.407 e. The van der Waals surface area contributed by atoms with Gasteiger partial charge >= 0.3 is 6.09 Å². The van der Waals surface area contributed by atoms with Gasteiger partial charge in [-0.05, 0) is 20.4 Å². The monoisotopic (exact) mass is 174 g/mol. The summed E-state index contributed by atoms with van der Waals surface area (Å²) in [6.45, 7) is 7.98. The molecule has 72 valence electrons. The Balaban J connectivity index is 3.20. The minimum Gasteiger partial charge on any atom is -0.447 e. The van der Waals surface area contributed by atoms with Crippen molar-refractivity contribution in [3.05, 3.63) is 0 Å². The minimum absolute atomic E-state index is 0.0517. The van der Waals surface area contributed by atoms with E-state index in [1.54, 1.807) is 0 Å². The second-order valence-electron chi connectivity index (χ2n) is 2.73. The van der Waals surface area contributed by atoms with E-state index in [0.29, 0.717) is 6.54 Å². The average Bonchev–Trinajstić information content (AvgIpc) is 1.97. The second-order valence-corrected chi connectivity index (χ2v) is 2.73. The number of hydrogen-bond donors (Lipinski definition) is 2. The quantitative estimate of drug-likeness (QED) is 0.604. The highest BCUT2D eigenvalue weighted by molar-refractivity contribution is 5.67. The zero-order valence-electron chi connectivity index (χ0n) is 8.02. The third-order valence-electron chi connectivity index (χ3n) is 1.16. The van der Waals surface area contributed by atoms with Crippen molar-refractivity contribution in [3.8, 4) is 0 Å². The van der Waals surface area contributed by atoms with E-state index in [1.165, 1.54) is 0 Å². The molecule has 0 rings (SSSR count). The lowest BCUT2D eigenvalue weighted by molar-refractivity contribution is 0.116. The van der Waals surface area contributed by atoms with Crippen molar-refractivity contribution in [1.82, 2.24) is 10.6 Å². The van der Waals surface area contributed by atoms with Gasteiger partial charge in [0.05, 0.1) is 6.10 Å². The lowest BCUT2D eigenvalue weighted by Crippen LogP contribution is -2.33. The number of rotatable bonds is 5. The van der Waals surface area contributed by atoms with Crippen LogP contribution >= 0.6 is 0 Å². The van der Waals surface area contributed by atoms with Crippen LogP contribution in [0.25, 0.3) is 0 Å². The first-order valence-corrected chi connectivity index (χ1v) is 4.32. The number of nitrogens with one attached hydrogen (secondary N) is 2. The maximum absolute atomic E-state index is 10.9. The first-order valence-electron chi connectivity index (χ1n) is 4.32. The van der Waals surface area contributed by atoms with Crippen molar-refractivity contribution in [2.75, 3.05) is 19.6 Å². The van der Waals surface area contributed by atoms with Gasteiger partial charge in [-0.3, -0.25) is 0 Å². The summed E-state index contributed by atoms with van der Waals surface area (Å²) in [6.07, 6.45) is -0.396. The zero-order chi connectivity index (χ0) is 9.40. The number of likely N-dealkylation sites (N-methyl/N-ethyl adjacent to an activating group) is 1. The molecular weight excluding hydrogens is 156 g/mol. The summed E-state index contributed by atoms with van der Waals surface area (Å²) < 4.78 is 4.85. The second kappa shape index (κ2) is 6.91. The van der Waals surface area contributed by atoms with E-state index in [2.05, 4.69) is 10.6 Å². The standard InChI is InChI=1S/C8H18N2O2/c1-4-9-5-6-10-8(11)12-7(2)3/h7,9H,4-6H2,1-3H3,(H,10,11). The van der Waals surface area contributed by atoms with Crippen LogP contribution in [0.3, 0.4) is 0 Å². The van der Waals surface area contributed by atoms with Crippen molar-refractivity contribution < 1.29 is 9.53 Å². The van der Waals surface area contributed by atoms with Crippen LogP contribution < -0.4 is 10.6 Å². The highest BCUT2D eigenvalue weighted by Gasteiger charge is 2.01. The molecule has 0 radical (unpaired) electrons. The molecule has 0 aliphatic carbocycles. The molecule has 1 amide bonds. The molecule has 0 aromatic rings. The van der Waals surface area contributed by atoms with Crippen molar-refractivity contribution in [1.29, 1.82) is 0 Å². The normalized spacial score (nSPS) is 10.0. The zero-order valence-corrected chi connectivity index (χ0v) is 8.02. The van der Waals surface area contributed by atoms with E-state index < -0.39 is 0 Å². The molecule has 0 fully saturated rings. The molecule has 4 nitrogen and oxygen atoms in total. The molecule has 2 N–H and O–H groups in total. The Bertz CT molecular complexity index is 126. The first-order chi connectivity index (χ1) is 5.66. The summed E-state index contributed by atoms with van der Waals surface area (Å²) >= 11 is 0. The molecule has 0 spiro atoms. The summed E-state index contributed by atoms with van der Waals surface area (Å²) in [5, 5.41) is 5.71. The van der Waals surface area contributed by atoms with Crippen molar-refractivity contribution in [2.45, 2.75) is 26.9 Å². The van der Waals surface area contributed by atoms with Crippen LogP contribution in [0.5, 0.6) is 0 Å². The fraction of sp³-hybridized carbons (Fsp3) is 0.875. The van der Waals surface area contributed by atoms with E-state index in [1.807, 2.05) is 20.8 Å². The summed E-state index contributed by atoms with van der Waals surface area (Å²) in [5.74, 6) is 0. The number of hydrogen-bond acceptors (Lipinski definition) is 3. The molecule has 0 aromatic carbocycles. The van der Waals surface area contributed by atoms with Crippen LogP contribution in [-0.4, -0.2) is 31.8 Å². The number of alkyl carbamates (subject to hydrolysis) is 1. The third-order valence-corrected chi connectivity index (χ3v) is 1.16. The Morgan fingerprint density at radius 1 is 1.42 bits per heavy atom. The molecule has 0 heterocycles. The highest BCUT2D eigenvalue weighted by Crippen LogP contribution is 1.86. The molecular formula is C8H18N2O2. The highest BCUT2D eigenvalue weighted by atomic mass is 16.6. The molecule has 0 aliphatic heterocycles. The van der Waals surface area contributed by atoms with E-state index >= 15 is 0 Å². The molecule has 0 saturated carbocycles. The Labute approximate surface area is 73.7 Å². The van der Waals surface area contributed by atoms with Crippen LogP contribution in [0.2, 0.25) is 0 Å². The smallest absolute Gasteiger partial charge is 0.407 e. The van der Waals surface area contributed by atoms with Gasteiger partial charge in [0.2, 0.25) is 0 Å². The molecule has 0 saturated heterocycles. The van der Waals surface area contributed by atoms with E-state index in [9.17, 15) is 4.79 Å². The number of amides is 1. The number of carbonyl (C=O) groups excluding carboxylic acids is 1. The van der Waals surface area contributed by atoms with Gasteiger partial charge in [-0.15, -0.1) is 0 Å². The van der Waals surface area contributed by atoms with Gasteiger partial charge in [-0.2, -0.15) is 0 Å². The van der Waals surface area contributed by atoms with Crippen LogP contribution in [0, 0.1) is 0 Å². The van der Waals surface area contributed by atoms with Gasteiger partial charge in [-0.25, -0.2) is 4.79 Å². The molecule has 0 aliphatic rings. The SMILES string of the molecule is CCNCCNC(=O)OC(C)C. The third kappa shape index (κ3) is 7.34. The van der Waals surface area contributed by atoms with Gasteiger partial charge in [0, 0.05) is 13.1 Å². The van der Waals surface area contributed by atoms with Crippen molar-refractivity contribution >= 4 is 6.09 Å². The molecule has 0 aromatic heterocycles. The van der Waals surface area contributed by atoms with Crippen LogP contribution in [-0.2, 0) is 4.74 Å². The molecule has 12 heavy (non-hydrogen) atoms. The molecule has 0 unspecified atom stereocenters. The van der Waals surface area contributed by atoms with E-state index in [4.69, 9.17) is 4.74 Å². The fourth-order valence-electron chi connectivity index (χ4n) is 0.685. The Morgan fingerprint density at radius 2 is 2.08 bits per heavy atom. The predicted octanol–water partition coefficient (Wildman–Crippen LogP) is 0.730. The first kappa shape index (κ1) is 11.2. The predicted molar refractivity (Wildman–Crippen MR) is 48.2 cm³/mol. The summed E-state index contributed by atoms with van der Waals surface area (Å²) in [7, 11) is 0. The van der Waals surface area contributed by atoms with Crippen molar-refractivity contribution in [2.24, 2.45) is 0 Å². The topological polar surface area (TPSA) is 50.4 Å². The number of carbonyl (C=O) groups is 1. The van der Waals surface area contributed by atoms with Crippen LogP contribution in [0.15, 0.2) is 0 Å². The van der Waals surface area contributed by atoms with Gasteiger partial charge in [-0.1, -0.05) is 6.92 Å². The number of ether oxygens (including phenoxy) is 1. The summed E-state index contributed by atoms with van der Waals surface area (Å²) in [4.78, 5) is 10.9.